The van der Waals surface area contributed by atoms with E-state index in [0.29, 0.717) is 34.9 Å². The molecule has 0 amide bonds. The van der Waals surface area contributed by atoms with E-state index < -0.39 is 23.8 Å². The van der Waals surface area contributed by atoms with Crippen LogP contribution in [0.2, 0.25) is 5.02 Å². The summed E-state index contributed by atoms with van der Waals surface area (Å²) >= 11 is 5.99. The largest absolute Gasteiger partial charge is 0.479 e. The maximum Gasteiger partial charge on any atom is 0.416 e. The summed E-state index contributed by atoms with van der Waals surface area (Å²) in [6.45, 7) is 3.52. The van der Waals surface area contributed by atoms with Crippen molar-refractivity contribution in [3.05, 3.63) is 99.6 Å². The number of carboxylic acids is 1. The van der Waals surface area contributed by atoms with Crippen LogP contribution in [-0.2, 0) is 28.8 Å². The smallest absolute Gasteiger partial charge is 0.416 e. The molecule has 5 nitrogen and oxygen atoms in total. The average Bonchev–Trinajstić information content (AvgIpc) is 2.83. The highest BCUT2D eigenvalue weighted by molar-refractivity contribution is 6.30. The van der Waals surface area contributed by atoms with E-state index in [0.717, 1.165) is 28.8 Å². The molecule has 3 rings (SSSR count). The van der Waals surface area contributed by atoms with E-state index in [2.05, 4.69) is 5.16 Å². The molecule has 0 bridgehead atoms. The number of carbonyl (C=O) groups is 1. The molecule has 0 fully saturated rings. The first kappa shape index (κ1) is 27.1. The Labute approximate surface area is 212 Å². The molecule has 1 atom stereocenters. The normalized spacial score (nSPS) is 12.8. The SMILES string of the molecule is CCC(Oc1ccc(/C(Cc2ccc(Cl)cc2)=N/OCc2ccc(C(F)(F)F)cc2)cc1C)C(=O)O. The van der Waals surface area contributed by atoms with Gasteiger partial charge >= 0.3 is 12.1 Å². The molecule has 9 heteroatoms. The van der Waals surface area contributed by atoms with Gasteiger partial charge in [0.05, 0.1) is 11.3 Å². The molecular formula is C27H25ClF3NO4. The van der Waals surface area contributed by atoms with Gasteiger partial charge in [-0.1, -0.05) is 47.9 Å². The maximum absolute atomic E-state index is 12.8. The third-order valence-corrected chi connectivity index (χ3v) is 5.65. The molecule has 3 aromatic rings. The Morgan fingerprint density at radius 2 is 1.67 bits per heavy atom. The van der Waals surface area contributed by atoms with Crippen LogP contribution >= 0.6 is 11.6 Å². The van der Waals surface area contributed by atoms with Crippen molar-refractivity contribution in [2.75, 3.05) is 0 Å². The van der Waals surface area contributed by atoms with Crippen LogP contribution in [0.5, 0.6) is 5.75 Å². The summed E-state index contributed by atoms with van der Waals surface area (Å²) < 4.78 is 44.0. The fraction of sp³-hybridized carbons (Fsp3) is 0.259. The van der Waals surface area contributed by atoms with E-state index in [4.69, 9.17) is 21.2 Å². The lowest BCUT2D eigenvalue weighted by Gasteiger charge is -2.16. The van der Waals surface area contributed by atoms with Crippen LogP contribution in [0.25, 0.3) is 0 Å². The lowest BCUT2D eigenvalue weighted by molar-refractivity contribution is -0.145. The molecular weight excluding hydrogens is 495 g/mol. The molecule has 0 spiro atoms. The molecule has 1 N–H and O–H groups in total. The van der Waals surface area contributed by atoms with Crippen molar-refractivity contribution >= 4 is 23.3 Å². The van der Waals surface area contributed by atoms with Gasteiger partial charge in [0, 0.05) is 17.0 Å². The maximum atomic E-state index is 12.8. The van der Waals surface area contributed by atoms with Gasteiger partial charge in [0.1, 0.15) is 12.4 Å². The number of alkyl halides is 3. The molecule has 36 heavy (non-hydrogen) atoms. The number of aryl methyl sites for hydroxylation is 1. The molecule has 0 aliphatic rings. The van der Waals surface area contributed by atoms with Crippen molar-refractivity contribution in [2.45, 2.75) is 45.6 Å². The summed E-state index contributed by atoms with van der Waals surface area (Å²) in [5.41, 5.74) is 2.75. The predicted octanol–water partition coefficient (Wildman–Crippen LogP) is 7.07. The molecule has 3 aromatic carbocycles. The topological polar surface area (TPSA) is 68.1 Å². The number of carboxylic acid groups (broad SMARTS) is 1. The van der Waals surface area contributed by atoms with Crippen molar-refractivity contribution < 1.29 is 32.6 Å². The number of aliphatic carboxylic acids is 1. The third-order valence-electron chi connectivity index (χ3n) is 5.40. The number of rotatable bonds is 10. The van der Waals surface area contributed by atoms with E-state index in [1.54, 1.807) is 38.1 Å². The Kier molecular flexibility index (Phi) is 8.98. The Balaban J connectivity index is 1.82. The van der Waals surface area contributed by atoms with Crippen LogP contribution in [0, 0.1) is 6.92 Å². The molecule has 0 saturated carbocycles. The third kappa shape index (κ3) is 7.49. The minimum atomic E-state index is -4.40. The summed E-state index contributed by atoms with van der Waals surface area (Å²) in [5, 5.41) is 14.1. The van der Waals surface area contributed by atoms with Crippen LogP contribution < -0.4 is 4.74 Å². The average molecular weight is 520 g/mol. The molecule has 0 saturated heterocycles. The lowest BCUT2D eigenvalue weighted by atomic mass is 10.0. The summed E-state index contributed by atoms with van der Waals surface area (Å²) in [7, 11) is 0. The number of hydrogen-bond donors (Lipinski definition) is 1. The number of oxime groups is 1. The molecule has 0 radical (unpaired) electrons. The summed E-state index contributed by atoms with van der Waals surface area (Å²) in [4.78, 5) is 16.8. The fourth-order valence-electron chi connectivity index (χ4n) is 3.38. The van der Waals surface area contributed by atoms with Gasteiger partial charge in [0.25, 0.3) is 0 Å². The van der Waals surface area contributed by atoms with Gasteiger partial charge in [0.2, 0.25) is 0 Å². The molecule has 190 valence electrons. The zero-order valence-corrected chi connectivity index (χ0v) is 20.4. The number of nitrogens with zero attached hydrogens (tertiary/aromatic N) is 1. The van der Waals surface area contributed by atoms with Crippen LogP contribution in [0.1, 0.15) is 41.2 Å². The van der Waals surface area contributed by atoms with Gasteiger partial charge in [-0.05, 0) is 72.5 Å². The van der Waals surface area contributed by atoms with Crippen molar-refractivity contribution in [1.29, 1.82) is 0 Å². The molecule has 0 heterocycles. The minimum Gasteiger partial charge on any atom is -0.479 e. The number of ether oxygens (including phenoxy) is 1. The Morgan fingerprint density at radius 3 is 2.22 bits per heavy atom. The standard InChI is InChI=1S/C27H25ClF3NO4/c1-3-24(26(33)34)36-25-13-8-20(14-17(25)2)23(15-18-6-11-22(28)12-7-18)32-35-16-19-4-9-21(10-5-19)27(29,30)31/h4-14,24H,3,15-16H2,1-2H3,(H,33,34)/b32-23+. The van der Waals surface area contributed by atoms with Crippen LogP contribution in [0.4, 0.5) is 13.2 Å². The highest BCUT2D eigenvalue weighted by Crippen LogP contribution is 2.29. The zero-order valence-electron chi connectivity index (χ0n) is 19.7. The Bertz CT molecular complexity index is 1210. The van der Waals surface area contributed by atoms with E-state index in [9.17, 15) is 23.1 Å². The van der Waals surface area contributed by atoms with Gasteiger partial charge < -0.3 is 14.7 Å². The Morgan fingerprint density at radius 1 is 1.03 bits per heavy atom. The lowest BCUT2D eigenvalue weighted by Crippen LogP contribution is -2.26. The minimum absolute atomic E-state index is 0.0147. The van der Waals surface area contributed by atoms with Gasteiger partial charge in [-0.2, -0.15) is 13.2 Å². The van der Waals surface area contributed by atoms with Gasteiger partial charge in [-0.25, -0.2) is 4.79 Å². The summed E-state index contributed by atoms with van der Waals surface area (Å²) in [6.07, 6.45) is -4.64. The van der Waals surface area contributed by atoms with E-state index in [1.165, 1.54) is 12.1 Å². The monoisotopic (exact) mass is 519 g/mol. The van der Waals surface area contributed by atoms with Crippen LogP contribution in [-0.4, -0.2) is 22.9 Å². The first-order valence-corrected chi connectivity index (χ1v) is 11.5. The van der Waals surface area contributed by atoms with Crippen LogP contribution in [0.3, 0.4) is 0 Å². The first-order valence-electron chi connectivity index (χ1n) is 11.2. The van der Waals surface area contributed by atoms with Crippen molar-refractivity contribution in [3.8, 4) is 5.75 Å². The van der Waals surface area contributed by atoms with Crippen LogP contribution in [0.15, 0.2) is 71.9 Å². The highest BCUT2D eigenvalue weighted by atomic mass is 35.5. The molecule has 0 aliphatic carbocycles. The second kappa shape index (κ2) is 11.9. The summed E-state index contributed by atoms with van der Waals surface area (Å²) in [5.74, 6) is -0.591. The molecule has 1 unspecified atom stereocenters. The molecule has 0 aliphatic heterocycles. The van der Waals surface area contributed by atoms with E-state index in [-0.39, 0.29) is 6.61 Å². The van der Waals surface area contributed by atoms with Crippen molar-refractivity contribution in [3.63, 3.8) is 0 Å². The van der Waals surface area contributed by atoms with E-state index >= 15 is 0 Å². The Hall–Kier alpha value is -3.52. The van der Waals surface area contributed by atoms with Gasteiger partial charge in [-0.3, -0.25) is 0 Å². The number of benzene rings is 3. The van der Waals surface area contributed by atoms with Gasteiger partial charge in [-0.15, -0.1) is 0 Å². The van der Waals surface area contributed by atoms with Gasteiger partial charge in [0.15, 0.2) is 6.10 Å². The van der Waals surface area contributed by atoms with E-state index in [1.807, 2.05) is 18.2 Å². The molecule has 0 aromatic heterocycles. The second-order valence-corrected chi connectivity index (χ2v) is 8.58. The van der Waals surface area contributed by atoms with Crippen molar-refractivity contribution in [1.82, 2.24) is 0 Å². The quantitative estimate of drug-likeness (QED) is 0.230. The second-order valence-electron chi connectivity index (χ2n) is 8.14. The first-order chi connectivity index (χ1) is 17.1. The predicted molar refractivity (Wildman–Crippen MR) is 131 cm³/mol. The number of hydrogen-bond acceptors (Lipinski definition) is 4. The highest BCUT2D eigenvalue weighted by Gasteiger charge is 2.29. The number of halogens is 4. The summed E-state index contributed by atoms with van der Waals surface area (Å²) in [6, 6.07) is 17.2. The van der Waals surface area contributed by atoms with Crippen molar-refractivity contribution in [2.24, 2.45) is 5.16 Å². The zero-order chi connectivity index (χ0) is 26.3. The fourth-order valence-corrected chi connectivity index (χ4v) is 3.51.